The van der Waals surface area contributed by atoms with Crippen LogP contribution in [0, 0.1) is 0 Å². The second-order valence-corrected chi connectivity index (χ2v) is 7.70. The first-order valence-electron chi connectivity index (χ1n) is 10.0. The van der Waals surface area contributed by atoms with Gasteiger partial charge in [0, 0.05) is 7.11 Å². The fraction of sp³-hybridized carbons (Fsp3) is 0.882. The van der Waals surface area contributed by atoms with Crippen molar-refractivity contribution in [2.24, 2.45) is 0 Å². The van der Waals surface area contributed by atoms with Gasteiger partial charge in [-0.1, -0.05) is 38.5 Å². The maximum absolute atomic E-state index is 13.6. The number of nitrogens with zero attached hydrogens (tertiary/aromatic N) is 8. The molecule has 10 nitrogen and oxygen atoms in total. The molecule has 0 amide bonds. The van der Waals surface area contributed by atoms with Crippen LogP contribution in [0.25, 0.3) is 0 Å². The molecule has 2 saturated carbocycles. The Labute approximate surface area is 158 Å². The lowest BCUT2D eigenvalue weighted by Crippen LogP contribution is -2.36. The Morgan fingerprint density at radius 1 is 0.889 bits per heavy atom. The van der Waals surface area contributed by atoms with Crippen molar-refractivity contribution in [2.75, 3.05) is 7.11 Å². The molecule has 0 saturated heterocycles. The second kappa shape index (κ2) is 7.97. The predicted octanol–water partition coefficient (Wildman–Crippen LogP) is 2.14. The molecule has 1 radical (unpaired) electrons. The molecule has 0 spiro atoms. The first-order valence-corrected chi connectivity index (χ1v) is 10.0. The van der Waals surface area contributed by atoms with Crippen LogP contribution < -0.4 is 0 Å². The zero-order valence-corrected chi connectivity index (χ0v) is 15.8. The quantitative estimate of drug-likeness (QED) is 0.710. The van der Waals surface area contributed by atoms with Gasteiger partial charge in [0.1, 0.15) is 0 Å². The van der Waals surface area contributed by atoms with Crippen molar-refractivity contribution < 1.29 is 9.84 Å². The molecule has 2 fully saturated rings. The molecule has 0 aliphatic heterocycles. The highest BCUT2D eigenvalue weighted by molar-refractivity contribution is 5.02. The van der Waals surface area contributed by atoms with Crippen LogP contribution in [-0.4, -0.2) is 47.5 Å². The third-order valence-electron chi connectivity index (χ3n) is 5.96. The molecule has 2 aromatic rings. The highest BCUT2D eigenvalue weighted by atomic mass is 16.6. The third-order valence-corrected chi connectivity index (χ3v) is 5.96. The van der Waals surface area contributed by atoms with Crippen LogP contribution in [0.4, 0.5) is 0 Å². The number of ether oxygens (including phenoxy) is 1. The third kappa shape index (κ3) is 3.73. The topological polar surface area (TPSA) is 116 Å². The Bertz CT molecular complexity index is 735. The Kier molecular flexibility index (Phi) is 5.44. The fourth-order valence-electron chi connectivity index (χ4n) is 4.40. The van der Waals surface area contributed by atoms with Crippen molar-refractivity contribution in [2.45, 2.75) is 88.5 Å². The standard InChI is InChI=1S/C17H27N8O2/c1-27-17(26,16-19-21-23-25(16)14-10-6-3-7-11-14)12-15-18-20-22-24(15)13-8-4-2-5-9-13/h13-14H,2-12H2,1H3. The average molecular weight is 375 g/mol. The summed E-state index contributed by atoms with van der Waals surface area (Å²) in [6.07, 6.45) is 11.1. The first kappa shape index (κ1) is 18.4. The number of aromatic nitrogens is 8. The first-order chi connectivity index (χ1) is 13.2. The monoisotopic (exact) mass is 375 g/mol. The van der Waals surface area contributed by atoms with Crippen molar-refractivity contribution in [1.82, 2.24) is 40.4 Å². The number of rotatable bonds is 6. The summed E-state index contributed by atoms with van der Waals surface area (Å²) in [6.45, 7) is 0. The Balaban J connectivity index is 1.59. The number of hydrogen-bond donors (Lipinski definition) is 0. The molecule has 2 aliphatic rings. The Morgan fingerprint density at radius 2 is 1.44 bits per heavy atom. The Morgan fingerprint density at radius 3 is 2.07 bits per heavy atom. The van der Waals surface area contributed by atoms with Crippen LogP contribution in [-0.2, 0) is 22.1 Å². The summed E-state index contributed by atoms with van der Waals surface area (Å²) < 4.78 is 8.88. The summed E-state index contributed by atoms with van der Waals surface area (Å²) in [4.78, 5) is 0. The molecule has 2 heterocycles. The average Bonchev–Trinajstić information content (AvgIpc) is 3.39. The van der Waals surface area contributed by atoms with Crippen LogP contribution in [0.2, 0.25) is 0 Å². The van der Waals surface area contributed by atoms with Gasteiger partial charge in [0.2, 0.25) is 5.82 Å². The van der Waals surface area contributed by atoms with Gasteiger partial charge in [0.05, 0.1) is 18.5 Å². The van der Waals surface area contributed by atoms with E-state index in [-0.39, 0.29) is 24.3 Å². The largest absolute Gasteiger partial charge is 0.344 e. The molecule has 0 bridgehead atoms. The molecular formula is C17H27N8O2. The fourth-order valence-corrected chi connectivity index (χ4v) is 4.40. The van der Waals surface area contributed by atoms with E-state index in [1.807, 2.05) is 0 Å². The van der Waals surface area contributed by atoms with Gasteiger partial charge in [-0.15, -0.1) is 10.2 Å². The molecule has 4 rings (SSSR count). The molecule has 1 unspecified atom stereocenters. The maximum atomic E-state index is 13.6. The predicted molar refractivity (Wildman–Crippen MR) is 93.0 cm³/mol. The molecule has 2 aliphatic carbocycles. The Hall–Kier alpha value is -1.94. The molecular weight excluding hydrogens is 348 g/mol. The van der Waals surface area contributed by atoms with Gasteiger partial charge in [-0.05, 0) is 46.5 Å². The molecule has 0 aromatic carbocycles. The van der Waals surface area contributed by atoms with E-state index in [4.69, 9.17) is 4.74 Å². The highest BCUT2D eigenvalue weighted by Gasteiger charge is 2.42. The van der Waals surface area contributed by atoms with Crippen molar-refractivity contribution in [1.29, 1.82) is 0 Å². The number of methoxy groups -OCH3 is 1. The smallest absolute Gasteiger partial charge is 0.271 e. The summed E-state index contributed by atoms with van der Waals surface area (Å²) in [5.41, 5.74) is 0. The van der Waals surface area contributed by atoms with Gasteiger partial charge in [0.15, 0.2) is 5.82 Å². The van der Waals surface area contributed by atoms with Crippen LogP contribution >= 0.6 is 0 Å². The lowest BCUT2D eigenvalue weighted by molar-refractivity contribution is -0.243. The van der Waals surface area contributed by atoms with E-state index < -0.39 is 5.79 Å². The summed E-state index contributed by atoms with van der Waals surface area (Å²) in [7, 11) is 1.40. The van der Waals surface area contributed by atoms with Crippen LogP contribution in [0.3, 0.4) is 0 Å². The van der Waals surface area contributed by atoms with Gasteiger partial charge < -0.3 is 4.74 Å². The minimum Gasteiger partial charge on any atom is -0.344 e. The normalized spacial score (nSPS) is 22.0. The van der Waals surface area contributed by atoms with E-state index >= 15 is 0 Å². The van der Waals surface area contributed by atoms with Crippen molar-refractivity contribution >= 4 is 0 Å². The molecule has 27 heavy (non-hydrogen) atoms. The summed E-state index contributed by atoms with van der Waals surface area (Å²) in [5, 5.41) is 37.6. The summed E-state index contributed by atoms with van der Waals surface area (Å²) in [6, 6.07) is 0.403. The van der Waals surface area contributed by atoms with Crippen LogP contribution in [0.15, 0.2) is 0 Å². The van der Waals surface area contributed by atoms with E-state index in [2.05, 4.69) is 31.1 Å². The molecule has 0 N–H and O–H groups in total. The van der Waals surface area contributed by atoms with E-state index in [9.17, 15) is 5.11 Å². The lowest BCUT2D eigenvalue weighted by Gasteiger charge is -2.28. The molecule has 10 heteroatoms. The van der Waals surface area contributed by atoms with E-state index in [0.29, 0.717) is 5.82 Å². The molecule has 147 valence electrons. The molecule has 2 aromatic heterocycles. The summed E-state index contributed by atoms with van der Waals surface area (Å²) >= 11 is 0. The van der Waals surface area contributed by atoms with Crippen LogP contribution in [0.1, 0.15) is 87.9 Å². The highest BCUT2D eigenvalue weighted by Crippen LogP contribution is 2.34. The van der Waals surface area contributed by atoms with Gasteiger partial charge in [-0.25, -0.2) is 9.36 Å². The van der Waals surface area contributed by atoms with E-state index in [1.54, 1.807) is 9.36 Å². The van der Waals surface area contributed by atoms with Gasteiger partial charge in [0.25, 0.3) is 5.79 Å². The van der Waals surface area contributed by atoms with Crippen LogP contribution in [0.5, 0.6) is 0 Å². The number of hydrogen-bond acceptors (Lipinski definition) is 7. The minimum absolute atomic E-state index is 0.0000926. The lowest BCUT2D eigenvalue weighted by atomic mass is 9.95. The van der Waals surface area contributed by atoms with E-state index in [1.165, 1.54) is 20.0 Å². The van der Waals surface area contributed by atoms with Gasteiger partial charge in [-0.3, -0.25) is 0 Å². The van der Waals surface area contributed by atoms with Crippen molar-refractivity contribution in [3.8, 4) is 0 Å². The zero-order chi connectivity index (χ0) is 18.7. The van der Waals surface area contributed by atoms with Crippen molar-refractivity contribution in [3.63, 3.8) is 0 Å². The van der Waals surface area contributed by atoms with Gasteiger partial charge in [-0.2, -0.15) is 5.11 Å². The number of tetrazole rings is 2. The zero-order valence-electron chi connectivity index (χ0n) is 15.8. The maximum Gasteiger partial charge on any atom is 0.271 e. The van der Waals surface area contributed by atoms with E-state index in [0.717, 1.165) is 51.4 Å². The minimum atomic E-state index is -1.91. The van der Waals surface area contributed by atoms with Gasteiger partial charge >= 0.3 is 0 Å². The van der Waals surface area contributed by atoms with Crippen molar-refractivity contribution in [3.05, 3.63) is 11.6 Å². The summed E-state index contributed by atoms with van der Waals surface area (Å²) in [5.74, 6) is -1.16. The SMILES string of the molecule is COC([O])(Cc1nnnn1C1CCCCC1)c1nnnn1C1CCCCC1. The molecule has 1 atom stereocenters. The second-order valence-electron chi connectivity index (χ2n) is 7.70.